The van der Waals surface area contributed by atoms with Gasteiger partial charge in [-0.2, -0.15) is 0 Å². The van der Waals surface area contributed by atoms with E-state index in [1.54, 1.807) is 24.1 Å². The number of halogens is 1. The summed E-state index contributed by atoms with van der Waals surface area (Å²) in [6.07, 6.45) is 2.10. The number of likely N-dealkylation sites (N-methyl/N-ethyl adjacent to an activating group) is 1. The maximum absolute atomic E-state index is 13.0. The summed E-state index contributed by atoms with van der Waals surface area (Å²) >= 11 is 0. The van der Waals surface area contributed by atoms with Gasteiger partial charge in [-0.05, 0) is 37.2 Å². The highest BCUT2D eigenvalue weighted by Gasteiger charge is 2.52. The molecule has 108 valence electrons. The van der Waals surface area contributed by atoms with Gasteiger partial charge in [-0.3, -0.25) is 0 Å². The van der Waals surface area contributed by atoms with E-state index in [-0.39, 0.29) is 18.0 Å². The van der Waals surface area contributed by atoms with E-state index in [4.69, 9.17) is 4.74 Å². The van der Waals surface area contributed by atoms with Crippen LogP contribution in [0.4, 0.5) is 9.18 Å². The summed E-state index contributed by atoms with van der Waals surface area (Å²) in [5.74, 6) is -0.238. The zero-order valence-electron chi connectivity index (χ0n) is 11.6. The molecule has 0 bridgehead atoms. The first-order valence-corrected chi connectivity index (χ1v) is 7.02. The van der Waals surface area contributed by atoms with Gasteiger partial charge in [-0.15, -0.1) is 0 Å². The number of nitrogens with zero attached hydrogens (tertiary/aromatic N) is 1. The third-order valence-corrected chi connectivity index (χ3v) is 4.45. The molecule has 4 nitrogen and oxygen atoms in total. The molecule has 1 N–H and O–H groups in total. The fourth-order valence-electron chi connectivity index (χ4n) is 3.25. The van der Waals surface area contributed by atoms with E-state index in [9.17, 15) is 9.18 Å². The molecule has 2 heterocycles. The van der Waals surface area contributed by atoms with Crippen molar-refractivity contribution in [3.05, 3.63) is 35.6 Å². The molecule has 1 aromatic carbocycles. The Morgan fingerprint density at radius 3 is 2.65 bits per heavy atom. The number of carbonyl (C=O) groups excluding carboxylic acids is 1. The van der Waals surface area contributed by atoms with Crippen molar-refractivity contribution in [2.45, 2.75) is 30.9 Å². The first kappa shape index (κ1) is 13.4. The second-order valence-electron chi connectivity index (χ2n) is 5.64. The van der Waals surface area contributed by atoms with Crippen LogP contribution in [0.5, 0.6) is 0 Å². The van der Waals surface area contributed by atoms with Gasteiger partial charge in [-0.25, -0.2) is 9.18 Å². The topological polar surface area (TPSA) is 41.6 Å². The van der Waals surface area contributed by atoms with E-state index in [0.29, 0.717) is 6.42 Å². The summed E-state index contributed by atoms with van der Waals surface area (Å²) in [6.45, 7) is 1.72. The van der Waals surface area contributed by atoms with Crippen molar-refractivity contribution in [3.8, 4) is 0 Å². The molecular weight excluding hydrogens is 259 g/mol. The van der Waals surface area contributed by atoms with Crippen molar-refractivity contribution in [2.24, 2.45) is 0 Å². The highest BCUT2D eigenvalue weighted by Crippen LogP contribution is 2.37. The van der Waals surface area contributed by atoms with E-state index in [1.165, 1.54) is 12.1 Å². The van der Waals surface area contributed by atoms with Crippen LogP contribution in [-0.4, -0.2) is 42.8 Å². The zero-order valence-corrected chi connectivity index (χ0v) is 11.6. The van der Waals surface area contributed by atoms with Crippen LogP contribution in [0.3, 0.4) is 0 Å². The van der Waals surface area contributed by atoms with Gasteiger partial charge in [0.25, 0.3) is 0 Å². The van der Waals surface area contributed by atoms with E-state index in [1.807, 2.05) is 0 Å². The second kappa shape index (κ2) is 5.05. The quantitative estimate of drug-likeness (QED) is 0.899. The molecule has 3 rings (SSSR count). The van der Waals surface area contributed by atoms with Gasteiger partial charge in [-0.1, -0.05) is 12.1 Å². The minimum absolute atomic E-state index is 0.0163. The Balaban J connectivity index is 1.84. The fourth-order valence-corrected chi connectivity index (χ4v) is 3.25. The number of hydrogen-bond donors (Lipinski definition) is 1. The fraction of sp³-hybridized carbons (Fsp3) is 0.533. The molecule has 2 aliphatic rings. The van der Waals surface area contributed by atoms with Crippen LogP contribution in [0.1, 0.15) is 18.4 Å². The van der Waals surface area contributed by atoms with Crippen LogP contribution in [0.2, 0.25) is 0 Å². The lowest BCUT2D eigenvalue weighted by Gasteiger charge is -2.37. The van der Waals surface area contributed by atoms with Crippen LogP contribution in [0.25, 0.3) is 0 Å². The summed E-state index contributed by atoms with van der Waals surface area (Å²) in [7, 11) is 1.79. The smallest absolute Gasteiger partial charge is 0.410 e. The van der Waals surface area contributed by atoms with Crippen LogP contribution in [0, 0.1) is 5.82 Å². The molecule has 1 atom stereocenters. The normalized spacial score (nSPS) is 25.0. The number of piperidine rings is 1. The molecule has 0 aliphatic carbocycles. The van der Waals surface area contributed by atoms with Gasteiger partial charge in [0.2, 0.25) is 0 Å². The van der Waals surface area contributed by atoms with Crippen LogP contribution < -0.4 is 5.32 Å². The lowest BCUT2D eigenvalue weighted by molar-refractivity contribution is 0.00802. The Bertz CT molecular complexity index is 497. The average molecular weight is 278 g/mol. The summed E-state index contributed by atoms with van der Waals surface area (Å²) in [4.78, 5) is 13.6. The number of amides is 1. The predicted octanol–water partition coefficient (Wildman–Crippen LogP) is 1.94. The van der Waals surface area contributed by atoms with Crippen molar-refractivity contribution in [2.75, 3.05) is 20.1 Å². The Kier molecular flexibility index (Phi) is 3.38. The number of ether oxygens (including phenoxy) is 1. The lowest BCUT2D eigenvalue weighted by Crippen LogP contribution is -2.51. The third kappa shape index (κ3) is 2.26. The van der Waals surface area contributed by atoms with E-state index < -0.39 is 5.60 Å². The largest absolute Gasteiger partial charge is 0.440 e. The minimum atomic E-state index is -0.397. The Hall–Kier alpha value is -1.62. The number of benzene rings is 1. The summed E-state index contributed by atoms with van der Waals surface area (Å²) < 4.78 is 18.7. The molecule has 0 aromatic heterocycles. The number of nitrogens with one attached hydrogen (secondary N) is 1. The molecule has 1 spiro atoms. The maximum Gasteiger partial charge on any atom is 0.410 e. The Morgan fingerprint density at radius 1 is 1.35 bits per heavy atom. The van der Waals surface area contributed by atoms with E-state index >= 15 is 0 Å². The standard InChI is InChI=1S/C15H19FN2O2/c1-18-13(10-11-2-4-12(16)5-3-11)15(20-14(18)19)6-8-17-9-7-15/h2-5,13,17H,6-10H2,1H3. The van der Waals surface area contributed by atoms with Crippen LogP contribution >= 0.6 is 0 Å². The molecule has 20 heavy (non-hydrogen) atoms. The van der Waals surface area contributed by atoms with Crippen molar-refractivity contribution in [3.63, 3.8) is 0 Å². The van der Waals surface area contributed by atoms with Gasteiger partial charge in [0.15, 0.2) is 0 Å². The average Bonchev–Trinajstić information content (AvgIpc) is 2.67. The van der Waals surface area contributed by atoms with Gasteiger partial charge in [0, 0.05) is 19.9 Å². The summed E-state index contributed by atoms with van der Waals surface area (Å²) in [5, 5.41) is 3.30. The van der Waals surface area contributed by atoms with Crippen molar-refractivity contribution in [1.82, 2.24) is 10.2 Å². The molecule has 5 heteroatoms. The molecule has 1 amide bonds. The van der Waals surface area contributed by atoms with Gasteiger partial charge >= 0.3 is 6.09 Å². The third-order valence-electron chi connectivity index (χ3n) is 4.45. The second-order valence-corrected chi connectivity index (χ2v) is 5.64. The maximum atomic E-state index is 13.0. The Morgan fingerprint density at radius 2 is 2.00 bits per heavy atom. The molecule has 2 aliphatic heterocycles. The molecular formula is C15H19FN2O2. The number of hydrogen-bond acceptors (Lipinski definition) is 3. The minimum Gasteiger partial charge on any atom is -0.440 e. The monoisotopic (exact) mass is 278 g/mol. The highest BCUT2D eigenvalue weighted by atomic mass is 19.1. The summed E-state index contributed by atoms with van der Waals surface area (Å²) in [6, 6.07) is 6.49. The predicted molar refractivity (Wildman–Crippen MR) is 73.0 cm³/mol. The van der Waals surface area contributed by atoms with Crippen molar-refractivity contribution in [1.29, 1.82) is 0 Å². The SMILES string of the molecule is CN1C(=O)OC2(CCNCC2)C1Cc1ccc(F)cc1. The Labute approximate surface area is 117 Å². The van der Waals surface area contributed by atoms with Crippen molar-refractivity contribution >= 4 is 6.09 Å². The number of rotatable bonds is 2. The molecule has 1 aromatic rings. The van der Waals surface area contributed by atoms with Crippen LogP contribution in [-0.2, 0) is 11.2 Å². The van der Waals surface area contributed by atoms with E-state index in [0.717, 1.165) is 31.5 Å². The van der Waals surface area contributed by atoms with Gasteiger partial charge in [0.1, 0.15) is 11.4 Å². The van der Waals surface area contributed by atoms with Crippen molar-refractivity contribution < 1.29 is 13.9 Å². The molecule has 2 saturated heterocycles. The molecule has 0 saturated carbocycles. The molecule has 1 unspecified atom stereocenters. The first-order valence-electron chi connectivity index (χ1n) is 7.02. The van der Waals surface area contributed by atoms with Gasteiger partial charge < -0.3 is 15.0 Å². The van der Waals surface area contributed by atoms with Gasteiger partial charge in [0.05, 0.1) is 6.04 Å². The summed E-state index contributed by atoms with van der Waals surface area (Å²) in [5.41, 5.74) is 0.630. The number of carbonyl (C=O) groups is 1. The first-order chi connectivity index (χ1) is 9.61. The van der Waals surface area contributed by atoms with Crippen LogP contribution in [0.15, 0.2) is 24.3 Å². The molecule has 0 radical (unpaired) electrons. The zero-order chi connectivity index (χ0) is 14.2. The molecule has 2 fully saturated rings. The van der Waals surface area contributed by atoms with E-state index in [2.05, 4.69) is 5.32 Å². The highest BCUT2D eigenvalue weighted by molar-refractivity contribution is 5.71. The lowest BCUT2D eigenvalue weighted by atomic mass is 9.82.